The van der Waals surface area contributed by atoms with E-state index in [1.807, 2.05) is 0 Å². The van der Waals surface area contributed by atoms with Gasteiger partial charge in [0.25, 0.3) is 0 Å². The molecule has 2 atom stereocenters. The van der Waals surface area contributed by atoms with Crippen molar-refractivity contribution in [1.29, 1.82) is 0 Å². The first kappa shape index (κ1) is 7.34. The average Bonchev–Trinajstić information content (AvgIpc) is 2.02. The monoisotopic (exact) mass is 167 g/mol. The van der Waals surface area contributed by atoms with E-state index in [2.05, 4.69) is 4.90 Å². The van der Waals surface area contributed by atoms with Crippen molar-refractivity contribution in [3.8, 4) is 0 Å². The van der Waals surface area contributed by atoms with Crippen LogP contribution in [0.2, 0.25) is 0 Å². The molecule has 0 aromatic carbocycles. The first-order valence-corrected chi connectivity index (χ1v) is 5.13. The highest BCUT2D eigenvalue weighted by molar-refractivity contribution is 5.01. The van der Waals surface area contributed by atoms with E-state index in [-0.39, 0.29) is 0 Å². The van der Waals surface area contributed by atoms with Crippen LogP contribution < -0.4 is 0 Å². The molecule has 3 aliphatic heterocycles. The van der Waals surface area contributed by atoms with Crippen molar-refractivity contribution in [2.75, 3.05) is 26.2 Å². The van der Waals surface area contributed by atoms with Gasteiger partial charge in [-0.3, -0.25) is 0 Å². The molecule has 1 saturated carbocycles. The van der Waals surface area contributed by atoms with E-state index in [1.165, 1.54) is 38.9 Å². The molecule has 68 valence electrons. The maximum absolute atomic E-state index is 9.40. The molecule has 4 rings (SSSR count). The van der Waals surface area contributed by atoms with Gasteiger partial charge in [-0.2, -0.15) is 0 Å². The molecule has 0 spiro atoms. The molecular weight excluding hydrogens is 150 g/mol. The lowest BCUT2D eigenvalue weighted by molar-refractivity contribution is -0.101. The normalized spacial score (nSPS) is 56.2. The summed E-state index contributed by atoms with van der Waals surface area (Å²) in [6.45, 7) is 4.24. The molecule has 2 heteroatoms. The third-order valence-corrected chi connectivity index (χ3v) is 4.04. The van der Waals surface area contributed by atoms with Crippen LogP contribution in [0.3, 0.4) is 0 Å². The lowest BCUT2D eigenvalue weighted by Gasteiger charge is -2.57. The number of hydrogen-bond acceptors (Lipinski definition) is 2. The molecule has 1 aliphatic carbocycles. The predicted octanol–water partition coefficient (Wildman–Crippen LogP) is 0.711. The smallest absolute Gasteiger partial charge is 0.0499 e. The van der Waals surface area contributed by atoms with Gasteiger partial charge in [0.1, 0.15) is 0 Å². The minimum Gasteiger partial charge on any atom is -0.396 e. The molecule has 0 radical (unpaired) electrons. The van der Waals surface area contributed by atoms with E-state index in [1.54, 1.807) is 0 Å². The molecule has 4 aliphatic rings. The topological polar surface area (TPSA) is 23.5 Å². The number of hydrogen-bond donors (Lipinski definition) is 1. The minimum atomic E-state index is 0.323. The Balaban J connectivity index is 1.90. The third-order valence-electron chi connectivity index (χ3n) is 4.04. The van der Waals surface area contributed by atoms with Crippen LogP contribution in [0.4, 0.5) is 0 Å². The zero-order valence-electron chi connectivity index (χ0n) is 7.50. The lowest BCUT2D eigenvalue weighted by atomic mass is 9.60. The van der Waals surface area contributed by atoms with Crippen molar-refractivity contribution >= 4 is 0 Å². The van der Waals surface area contributed by atoms with Gasteiger partial charge in [0.2, 0.25) is 0 Å². The Morgan fingerprint density at radius 2 is 1.92 bits per heavy atom. The minimum absolute atomic E-state index is 0.323. The van der Waals surface area contributed by atoms with Gasteiger partial charge >= 0.3 is 0 Å². The molecule has 2 nitrogen and oxygen atoms in total. The molecule has 3 saturated heterocycles. The Bertz CT molecular complexity index is 167. The first-order valence-electron chi connectivity index (χ1n) is 5.13. The molecule has 0 aromatic rings. The Morgan fingerprint density at radius 1 is 1.25 bits per heavy atom. The standard InChI is InChI=1S/C10H17NO/c12-7-10-2-8-1-9(3-10)5-11(4-8)6-10/h8-9,12H,1-7H2. The van der Waals surface area contributed by atoms with Crippen LogP contribution in [0.15, 0.2) is 0 Å². The van der Waals surface area contributed by atoms with Crippen LogP contribution in [0, 0.1) is 17.3 Å². The van der Waals surface area contributed by atoms with Crippen LogP contribution in [-0.4, -0.2) is 36.2 Å². The first-order chi connectivity index (χ1) is 5.80. The summed E-state index contributed by atoms with van der Waals surface area (Å²) in [6, 6.07) is 0. The summed E-state index contributed by atoms with van der Waals surface area (Å²) >= 11 is 0. The fourth-order valence-corrected chi connectivity index (χ4v) is 3.94. The quantitative estimate of drug-likeness (QED) is 0.622. The Hall–Kier alpha value is -0.0800. The van der Waals surface area contributed by atoms with Crippen LogP contribution >= 0.6 is 0 Å². The Labute approximate surface area is 73.6 Å². The molecular formula is C10H17NO. The zero-order valence-corrected chi connectivity index (χ0v) is 7.50. The highest BCUT2D eigenvalue weighted by Crippen LogP contribution is 2.50. The number of piperidine rings is 3. The van der Waals surface area contributed by atoms with Gasteiger partial charge in [0, 0.05) is 31.7 Å². The second-order valence-corrected chi connectivity index (χ2v) is 5.23. The number of nitrogens with zero attached hydrogens (tertiary/aromatic N) is 1. The van der Waals surface area contributed by atoms with Crippen LogP contribution in [0.5, 0.6) is 0 Å². The zero-order chi connectivity index (χ0) is 8.18. The second kappa shape index (κ2) is 2.24. The van der Waals surface area contributed by atoms with E-state index in [4.69, 9.17) is 0 Å². The van der Waals surface area contributed by atoms with Crippen LogP contribution in [0.25, 0.3) is 0 Å². The second-order valence-electron chi connectivity index (χ2n) is 5.23. The molecule has 4 bridgehead atoms. The number of aliphatic hydroxyl groups is 1. The molecule has 12 heavy (non-hydrogen) atoms. The average molecular weight is 167 g/mol. The maximum Gasteiger partial charge on any atom is 0.0499 e. The van der Waals surface area contributed by atoms with Gasteiger partial charge in [0.15, 0.2) is 0 Å². The Kier molecular flexibility index (Phi) is 1.37. The summed E-state index contributed by atoms with van der Waals surface area (Å²) in [4.78, 5) is 2.57. The van der Waals surface area contributed by atoms with Crippen molar-refractivity contribution in [2.24, 2.45) is 17.3 Å². The van der Waals surface area contributed by atoms with Gasteiger partial charge in [-0.05, 0) is 31.1 Å². The van der Waals surface area contributed by atoms with Crippen molar-refractivity contribution in [3.05, 3.63) is 0 Å². The molecule has 0 amide bonds. The molecule has 4 fully saturated rings. The highest BCUT2D eigenvalue weighted by atomic mass is 16.3. The summed E-state index contributed by atoms with van der Waals surface area (Å²) < 4.78 is 0. The van der Waals surface area contributed by atoms with E-state index >= 15 is 0 Å². The summed E-state index contributed by atoms with van der Waals surface area (Å²) in [7, 11) is 0. The molecule has 1 N–H and O–H groups in total. The summed E-state index contributed by atoms with van der Waals surface area (Å²) in [6.07, 6.45) is 4.05. The number of rotatable bonds is 1. The fourth-order valence-electron chi connectivity index (χ4n) is 3.94. The molecule has 2 unspecified atom stereocenters. The largest absolute Gasteiger partial charge is 0.396 e. The highest BCUT2D eigenvalue weighted by Gasteiger charge is 2.49. The van der Waals surface area contributed by atoms with E-state index in [0.29, 0.717) is 12.0 Å². The summed E-state index contributed by atoms with van der Waals surface area (Å²) in [5, 5.41) is 9.40. The Morgan fingerprint density at radius 3 is 2.42 bits per heavy atom. The van der Waals surface area contributed by atoms with Crippen molar-refractivity contribution in [3.63, 3.8) is 0 Å². The van der Waals surface area contributed by atoms with Gasteiger partial charge < -0.3 is 10.0 Å². The van der Waals surface area contributed by atoms with Crippen LogP contribution in [0.1, 0.15) is 19.3 Å². The molecule has 3 heterocycles. The van der Waals surface area contributed by atoms with Gasteiger partial charge in [-0.25, -0.2) is 0 Å². The fraction of sp³-hybridized carbons (Fsp3) is 1.00. The lowest BCUT2D eigenvalue weighted by Crippen LogP contribution is -2.60. The predicted molar refractivity (Wildman–Crippen MR) is 46.8 cm³/mol. The van der Waals surface area contributed by atoms with E-state index < -0.39 is 0 Å². The van der Waals surface area contributed by atoms with Crippen LogP contribution in [-0.2, 0) is 0 Å². The van der Waals surface area contributed by atoms with Crippen molar-refractivity contribution in [1.82, 2.24) is 4.90 Å². The van der Waals surface area contributed by atoms with Crippen molar-refractivity contribution in [2.45, 2.75) is 19.3 Å². The van der Waals surface area contributed by atoms with Gasteiger partial charge in [0.05, 0.1) is 0 Å². The third kappa shape index (κ3) is 0.882. The van der Waals surface area contributed by atoms with Gasteiger partial charge in [-0.15, -0.1) is 0 Å². The summed E-state index contributed by atoms with van der Waals surface area (Å²) in [5.74, 6) is 1.83. The maximum atomic E-state index is 9.40. The van der Waals surface area contributed by atoms with E-state index in [0.717, 1.165) is 11.8 Å². The van der Waals surface area contributed by atoms with Gasteiger partial charge in [-0.1, -0.05) is 0 Å². The van der Waals surface area contributed by atoms with E-state index in [9.17, 15) is 5.11 Å². The molecule has 0 aromatic heterocycles. The summed E-state index contributed by atoms with van der Waals surface area (Å²) in [5.41, 5.74) is 0.323. The van der Waals surface area contributed by atoms with Crippen molar-refractivity contribution < 1.29 is 5.11 Å². The number of aliphatic hydroxyl groups excluding tert-OH is 1. The SMILES string of the molecule is OCC12CC3CC(CN(C3)C1)C2.